The molecular weight excluding hydrogens is 337 g/mol. The number of halogens is 1. The Kier molecular flexibility index (Phi) is 7.34. The zero-order valence-corrected chi connectivity index (χ0v) is 14.5. The Balaban J connectivity index is 0.00000256. The predicted octanol–water partition coefficient (Wildman–Crippen LogP) is -1.56. The number of carbonyl (C=O) groups is 1. The third-order valence-electron chi connectivity index (χ3n) is 1.65. The molecule has 0 radical (unpaired) electrons. The number of rotatable bonds is 3. The van der Waals surface area contributed by atoms with E-state index in [-0.39, 0.29) is 60.8 Å². The van der Waals surface area contributed by atoms with Gasteiger partial charge in [-0.15, -0.1) is 0 Å². The van der Waals surface area contributed by atoms with Gasteiger partial charge in [-0.3, -0.25) is 4.79 Å². The molecule has 86 valence electrons. The maximum atomic E-state index is 11.2. The molecule has 0 atom stereocenters. The van der Waals surface area contributed by atoms with E-state index in [1.807, 2.05) is 0 Å². The van der Waals surface area contributed by atoms with Crippen molar-refractivity contribution in [3.8, 4) is 0 Å². The molecule has 1 rings (SSSR count). The van der Waals surface area contributed by atoms with E-state index < -0.39 is 16.0 Å². The quantitative estimate of drug-likeness (QED) is 0.408. The third-order valence-corrected chi connectivity index (χ3v) is 2.86. The van der Waals surface area contributed by atoms with Gasteiger partial charge in [-0.25, -0.2) is 8.42 Å². The summed E-state index contributed by atoms with van der Waals surface area (Å²) >= 11 is 2.89. The van der Waals surface area contributed by atoms with E-state index in [9.17, 15) is 17.8 Å². The van der Waals surface area contributed by atoms with Gasteiger partial charge < -0.3 is 9.87 Å². The number of anilines is 1. The molecule has 1 N–H and O–H groups in total. The maximum absolute atomic E-state index is 11.2. The van der Waals surface area contributed by atoms with Crippen LogP contribution in [0.15, 0.2) is 40.2 Å². The topological polar surface area (TPSA) is 86.3 Å². The van der Waals surface area contributed by atoms with E-state index in [1.54, 1.807) is 0 Å². The van der Waals surface area contributed by atoms with Crippen molar-refractivity contribution in [2.24, 2.45) is 0 Å². The Morgan fingerprint density at radius 2 is 1.76 bits per heavy atom. The minimum Gasteiger partial charge on any atom is -0.744 e. The van der Waals surface area contributed by atoms with Gasteiger partial charge in [0.15, 0.2) is 0 Å². The number of benzene rings is 1. The fraction of sp³-hybridized carbons (Fsp3) is 0. The van der Waals surface area contributed by atoms with Crippen LogP contribution in [0.4, 0.5) is 5.69 Å². The van der Waals surface area contributed by atoms with E-state index >= 15 is 0 Å². The molecule has 0 bridgehead atoms. The molecule has 1 aromatic carbocycles. The Morgan fingerprint density at radius 3 is 2.12 bits per heavy atom. The Labute approximate surface area is 150 Å². The van der Waals surface area contributed by atoms with E-state index in [2.05, 4.69) is 27.8 Å². The van der Waals surface area contributed by atoms with Crippen molar-refractivity contribution in [1.29, 1.82) is 0 Å². The van der Waals surface area contributed by atoms with Crippen molar-refractivity contribution in [3.05, 3.63) is 35.3 Å². The molecule has 5 nitrogen and oxygen atoms in total. The molecule has 0 aliphatic heterocycles. The van der Waals surface area contributed by atoms with Gasteiger partial charge in [-0.05, 0) is 40.2 Å². The summed E-state index contributed by atoms with van der Waals surface area (Å²) in [6.45, 7) is 3.37. The number of hydrogen-bond acceptors (Lipinski definition) is 4. The van der Waals surface area contributed by atoms with E-state index in [4.69, 9.17) is 0 Å². The van der Waals surface area contributed by atoms with Crippen LogP contribution >= 0.6 is 15.9 Å². The van der Waals surface area contributed by atoms with Crippen LogP contribution in [-0.4, -0.2) is 18.9 Å². The molecule has 0 spiro atoms. The molecule has 0 aromatic heterocycles. The van der Waals surface area contributed by atoms with Crippen LogP contribution in [0.25, 0.3) is 0 Å². The number of hydrogen-bond donors (Lipinski definition) is 1. The minimum absolute atomic E-state index is 0. The normalized spacial score (nSPS) is 10.2. The van der Waals surface area contributed by atoms with Gasteiger partial charge in [0, 0.05) is 5.69 Å². The van der Waals surface area contributed by atoms with Crippen molar-refractivity contribution < 1.29 is 69.1 Å². The van der Waals surface area contributed by atoms with Crippen LogP contribution in [0.2, 0.25) is 0 Å². The average Bonchev–Trinajstić information content (AvgIpc) is 2.17. The number of carbonyl (C=O) groups excluding carboxylic acids is 1. The fourth-order valence-corrected chi connectivity index (χ4v) is 1.47. The largest absolute Gasteiger partial charge is 1.00 e. The predicted molar refractivity (Wildman–Crippen MR) is 61.1 cm³/mol. The van der Waals surface area contributed by atoms with Crippen molar-refractivity contribution >= 4 is 37.6 Å². The minimum atomic E-state index is -4.45. The fourth-order valence-electron chi connectivity index (χ4n) is 0.904. The standard InChI is InChI=1S/C9H8BrNO4S.K/c1-6(10)9(12)11-7-2-4-8(5-3-7)16(13,14)15;/h2-5H,1H2,(H,11,12)(H,13,14,15);/q;+1/p-1. The summed E-state index contributed by atoms with van der Waals surface area (Å²) in [5, 5.41) is 2.44. The zero-order chi connectivity index (χ0) is 12.3. The molecule has 1 aromatic rings. The maximum Gasteiger partial charge on any atom is 1.00 e. The first-order valence-electron chi connectivity index (χ1n) is 4.02. The molecule has 17 heavy (non-hydrogen) atoms. The van der Waals surface area contributed by atoms with Crippen molar-refractivity contribution in [2.75, 3.05) is 5.32 Å². The van der Waals surface area contributed by atoms with E-state index in [0.717, 1.165) is 12.1 Å². The summed E-state index contributed by atoms with van der Waals surface area (Å²) in [6, 6.07) is 4.88. The van der Waals surface area contributed by atoms with Crippen LogP contribution in [0, 0.1) is 0 Å². The van der Waals surface area contributed by atoms with Crippen molar-refractivity contribution in [2.45, 2.75) is 4.90 Å². The third kappa shape index (κ3) is 5.75. The van der Waals surface area contributed by atoms with Gasteiger partial charge >= 0.3 is 51.4 Å². The Bertz CT molecular complexity index is 526. The monoisotopic (exact) mass is 343 g/mol. The Morgan fingerprint density at radius 1 is 1.29 bits per heavy atom. The van der Waals surface area contributed by atoms with Gasteiger partial charge in [0.05, 0.1) is 9.38 Å². The summed E-state index contributed by atoms with van der Waals surface area (Å²) in [6.07, 6.45) is 0. The molecule has 0 saturated carbocycles. The second-order valence-electron chi connectivity index (χ2n) is 2.84. The smallest absolute Gasteiger partial charge is 0.744 e. The number of amides is 1. The van der Waals surface area contributed by atoms with Gasteiger partial charge in [0.1, 0.15) is 10.1 Å². The van der Waals surface area contributed by atoms with Crippen LogP contribution in [0.5, 0.6) is 0 Å². The summed E-state index contributed by atoms with van der Waals surface area (Å²) in [5.41, 5.74) is 0.373. The van der Waals surface area contributed by atoms with Crippen molar-refractivity contribution in [1.82, 2.24) is 0 Å². The molecule has 0 aliphatic rings. The van der Waals surface area contributed by atoms with Crippen molar-refractivity contribution in [3.63, 3.8) is 0 Å². The second kappa shape index (κ2) is 7.15. The summed E-state index contributed by atoms with van der Waals surface area (Å²) < 4.78 is 32.0. The molecule has 0 fully saturated rings. The second-order valence-corrected chi connectivity index (χ2v) is 5.17. The van der Waals surface area contributed by atoms with Gasteiger partial charge in [0.2, 0.25) is 0 Å². The zero-order valence-electron chi connectivity index (χ0n) is 8.94. The molecule has 0 aliphatic carbocycles. The molecule has 0 heterocycles. The summed E-state index contributed by atoms with van der Waals surface area (Å²) in [7, 11) is -4.45. The van der Waals surface area contributed by atoms with Crippen LogP contribution in [0.1, 0.15) is 0 Å². The van der Waals surface area contributed by atoms with Crippen LogP contribution in [0.3, 0.4) is 0 Å². The van der Waals surface area contributed by atoms with Gasteiger partial charge in [-0.1, -0.05) is 6.58 Å². The number of nitrogens with one attached hydrogen (secondary N) is 1. The van der Waals surface area contributed by atoms with Gasteiger partial charge in [0.25, 0.3) is 5.91 Å². The molecule has 0 unspecified atom stereocenters. The van der Waals surface area contributed by atoms with E-state index in [1.165, 1.54) is 12.1 Å². The first-order valence-corrected chi connectivity index (χ1v) is 6.22. The molecule has 1 amide bonds. The van der Waals surface area contributed by atoms with Crippen LogP contribution < -0.4 is 56.7 Å². The first-order chi connectivity index (χ1) is 7.30. The van der Waals surface area contributed by atoms with Gasteiger partial charge in [-0.2, -0.15) is 0 Å². The summed E-state index contributed by atoms with van der Waals surface area (Å²) in [5.74, 6) is -0.447. The summed E-state index contributed by atoms with van der Waals surface area (Å²) in [4.78, 5) is 10.8. The average molecular weight is 344 g/mol. The van der Waals surface area contributed by atoms with Crippen LogP contribution in [-0.2, 0) is 14.9 Å². The molecule has 8 heteroatoms. The Hall–Kier alpha value is 0.456. The SMILES string of the molecule is C=C(Br)C(=O)Nc1ccc(S(=O)(=O)[O-])cc1.[K+]. The first kappa shape index (κ1) is 17.5. The van der Waals surface area contributed by atoms with E-state index in [0.29, 0.717) is 5.69 Å². The molecular formula is C9H7BrKNO4S. The molecule has 0 saturated heterocycles.